The van der Waals surface area contributed by atoms with Crippen molar-refractivity contribution in [2.75, 3.05) is 4.90 Å². The lowest BCUT2D eigenvalue weighted by Gasteiger charge is -2.78. The second kappa shape index (κ2) is 8.43. The quantitative estimate of drug-likeness (QED) is 0.232. The van der Waals surface area contributed by atoms with Crippen LogP contribution in [0.5, 0.6) is 0 Å². The summed E-state index contributed by atoms with van der Waals surface area (Å²) in [6.45, 7) is 9.73. The molecule has 4 fully saturated rings. The maximum absolute atomic E-state index is 2.57. The van der Waals surface area contributed by atoms with Crippen molar-refractivity contribution in [3.05, 3.63) is 113 Å². The molecule has 4 aromatic carbocycles. The molecule has 2 heteroatoms. The molecule has 4 saturated carbocycles. The van der Waals surface area contributed by atoms with E-state index in [1.807, 2.05) is 11.8 Å². The topological polar surface area (TPSA) is 3.24 Å². The molecule has 2 bridgehead atoms. The first-order valence-electron chi connectivity index (χ1n) is 17.2. The minimum Gasteiger partial charge on any atom is -0.310 e. The van der Waals surface area contributed by atoms with Crippen molar-refractivity contribution in [2.24, 2.45) is 29.1 Å². The Morgan fingerprint density at radius 2 is 1.25 bits per heavy atom. The fraction of sp³-hybridized carbons (Fsp3) is 0.429. The van der Waals surface area contributed by atoms with E-state index in [1.165, 1.54) is 76.5 Å². The SMILES string of the molecule is CC1(C)CCC(C)(C)c2cc(N(c3ccccc3)c3ccc4c(c3)Sc3ccccc3C43C4CC5CC6CC3C64C5)ccc21. The molecular formula is C42H43NS. The average molecular weight is 594 g/mol. The zero-order valence-corrected chi connectivity index (χ0v) is 27.4. The molecule has 0 saturated heterocycles. The van der Waals surface area contributed by atoms with Gasteiger partial charge in [0.15, 0.2) is 0 Å². The van der Waals surface area contributed by atoms with Gasteiger partial charge < -0.3 is 4.90 Å². The Hall–Kier alpha value is -2.97. The normalized spacial score (nSPS) is 33.8. The molecule has 0 aromatic heterocycles. The van der Waals surface area contributed by atoms with Crippen LogP contribution in [0.25, 0.3) is 0 Å². The first-order chi connectivity index (χ1) is 21.2. The number of nitrogens with zero attached hydrogens (tertiary/aromatic N) is 1. The average Bonchev–Trinajstić information content (AvgIpc) is 3.55. The van der Waals surface area contributed by atoms with Crippen LogP contribution in [0.1, 0.15) is 88.5 Å². The summed E-state index contributed by atoms with van der Waals surface area (Å²) in [6, 6.07) is 35.5. The highest BCUT2D eigenvalue weighted by Gasteiger charge is 2.84. The number of hydrogen-bond acceptors (Lipinski definition) is 2. The molecular weight excluding hydrogens is 551 g/mol. The molecule has 1 heterocycles. The van der Waals surface area contributed by atoms with Crippen LogP contribution in [-0.4, -0.2) is 0 Å². The van der Waals surface area contributed by atoms with Gasteiger partial charge in [-0.15, -0.1) is 0 Å². The van der Waals surface area contributed by atoms with Gasteiger partial charge in [0, 0.05) is 32.3 Å². The van der Waals surface area contributed by atoms with E-state index in [2.05, 4.69) is 124 Å². The van der Waals surface area contributed by atoms with Crippen molar-refractivity contribution >= 4 is 28.8 Å². The lowest BCUT2D eigenvalue weighted by atomic mass is 9.26. The predicted molar refractivity (Wildman–Crippen MR) is 183 cm³/mol. The van der Waals surface area contributed by atoms with E-state index in [1.54, 1.807) is 11.1 Å². The lowest BCUT2D eigenvalue weighted by Crippen LogP contribution is -2.74. The molecule has 2 spiro atoms. The van der Waals surface area contributed by atoms with Crippen molar-refractivity contribution in [3.8, 4) is 0 Å². The predicted octanol–water partition coefficient (Wildman–Crippen LogP) is 11.3. The van der Waals surface area contributed by atoms with E-state index < -0.39 is 0 Å². The third kappa shape index (κ3) is 3.05. The summed E-state index contributed by atoms with van der Waals surface area (Å²) in [4.78, 5) is 5.51. The number of benzene rings is 4. The molecule has 10 rings (SSSR count). The highest BCUT2D eigenvalue weighted by molar-refractivity contribution is 7.99. The molecule has 6 aliphatic rings. The van der Waals surface area contributed by atoms with Gasteiger partial charge in [0.05, 0.1) is 0 Å². The fourth-order valence-electron chi connectivity index (χ4n) is 12.0. The first kappa shape index (κ1) is 26.3. The monoisotopic (exact) mass is 593 g/mol. The summed E-state index contributed by atoms with van der Waals surface area (Å²) in [5, 5.41) is 0. The highest BCUT2D eigenvalue weighted by Crippen LogP contribution is 2.89. The Bertz CT molecular complexity index is 1850. The van der Waals surface area contributed by atoms with Crippen LogP contribution in [0.15, 0.2) is 101 Å². The van der Waals surface area contributed by atoms with Crippen molar-refractivity contribution in [1.29, 1.82) is 0 Å². The Morgan fingerprint density at radius 3 is 2.05 bits per heavy atom. The number of anilines is 3. The van der Waals surface area contributed by atoms with Gasteiger partial charge in [-0.05, 0) is 143 Å². The molecule has 6 atom stereocenters. The zero-order valence-electron chi connectivity index (χ0n) is 26.6. The number of hydrogen-bond donors (Lipinski definition) is 0. The van der Waals surface area contributed by atoms with Crippen LogP contribution < -0.4 is 4.90 Å². The minimum absolute atomic E-state index is 0.173. The van der Waals surface area contributed by atoms with Crippen LogP contribution in [0.3, 0.4) is 0 Å². The summed E-state index contributed by atoms with van der Waals surface area (Å²) in [5.74, 6) is 3.66. The number of para-hydroxylation sites is 1. The van der Waals surface area contributed by atoms with Gasteiger partial charge in [-0.1, -0.05) is 88.0 Å². The third-order valence-electron chi connectivity index (χ3n) is 13.8. The van der Waals surface area contributed by atoms with Crippen LogP contribution in [0.2, 0.25) is 0 Å². The maximum atomic E-state index is 2.57. The van der Waals surface area contributed by atoms with Gasteiger partial charge in [0.25, 0.3) is 0 Å². The molecule has 1 aliphatic heterocycles. The molecule has 0 radical (unpaired) electrons. The number of fused-ring (bicyclic) bond motifs is 8. The molecule has 5 aliphatic carbocycles. The van der Waals surface area contributed by atoms with E-state index >= 15 is 0 Å². The smallest absolute Gasteiger partial charge is 0.0473 e. The van der Waals surface area contributed by atoms with Gasteiger partial charge in [0.2, 0.25) is 0 Å². The van der Waals surface area contributed by atoms with Crippen LogP contribution >= 0.6 is 11.8 Å². The van der Waals surface area contributed by atoms with E-state index in [0.29, 0.717) is 5.41 Å². The van der Waals surface area contributed by atoms with E-state index in [0.717, 1.165) is 23.7 Å². The summed E-state index contributed by atoms with van der Waals surface area (Å²) in [5.41, 5.74) is 11.4. The van der Waals surface area contributed by atoms with Crippen molar-refractivity contribution in [3.63, 3.8) is 0 Å². The van der Waals surface area contributed by atoms with Crippen molar-refractivity contribution in [2.45, 2.75) is 92.3 Å². The van der Waals surface area contributed by atoms with Gasteiger partial charge in [-0.3, -0.25) is 0 Å². The van der Waals surface area contributed by atoms with E-state index in [4.69, 9.17) is 0 Å². The second-order valence-corrected chi connectivity index (χ2v) is 17.6. The van der Waals surface area contributed by atoms with Gasteiger partial charge in [0.1, 0.15) is 0 Å². The van der Waals surface area contributed by atoms with Gasteiger partial charge >= 0.3 is 0 Å². The number of rotatable bonds is 3. The van der Waals surface area contributed by atoms with Crippen molar-refractivity contribution < 1.29 is 0 Å². The molecule has 6 unspecified atom stereocenters. The lowest BCUT2D eigenvalue weighted by molar-refractivity contribution is -0.235. The van der Waals surface area contributed by atoms with Gasteiger partial charge in [-0.2, -0.15) is 0 Å². The zero-order chi connectivity index (χ0) is 29.6. The third-order valence-corrected chi connectivity index (χ3v) is 15.0. The summed E-state index contributed by atoms with van der Waals surface area (Å²) in [6.07, 6.45) is 8.40. The summed E-state index contributed by atoms with van der Waals surface area (Å²) >= 11 is 2.02. The summed E-state index contributed by atoms with van der Waals surface area (Å²) in [7, 11) is 0. The Labute approximate surface area is 267 Å². The molecule has 0 N–H and O–H groups in total. The van der Waals surface area contributed by atoms with Gasteiger partial charge in [-0.25, -0.2) is 0 Å². The van der Waals surface area contributed by atoms with Crippen molar-refractivity contribution in [1.82, 2.24) is 0 Å². The standard InChI is InChI=1S/C42H43NS/c1-39(2)18-19-40(3,4)34-23-29(14-16-31(34)39)43(28-10-6-5-7-11-28)30-15-17-33-36(24-30)44-35-13-9-8-12-32(35)42(33)37-21-26-20-27-22-38(42)41(27,37)25-26/h5-17,23-24,26-27,37-38H,18-22,25H2,1-4H3. The second-order valence-electron chi connectivity index (χ2n) is 16.5. The molecule has 1 nitrogen and oxygen atoms in total. The maximum Gasteiger partial charge on any atom is 0.0473 e. The highest BCUT2D eigenvalue weighted by atomic mass is 32.2. The van der Waals surface area contributed by atoms with Crippen LogP contribution in [-0.2, 0) is 16.2 Å². The Kier molecular flexibility index (Phi) is 5.03. The molecule has 4 aromatic rings. The first-order valence-corrected chi connectivity index (χ1v) is 18.0. The molecule has 0 amide bonds. The fourth-order valence-corrected chi connectivity index (χ4v) is 13.2. The molecule has 44 heavy (non-hydrogen) atoms. The Morgan fingerprint density at radius 1 is 0.591 bits per heavy atom. The van der Waals surface area contributed by atoms with E-state index in [-0.39, 0.29) is 16.2 Å². The van der Waals surface area contributed by atoms with Crippen LogP contribution in [0, 0.1) is 29.1 Å². The van der Waals surface area contributed by atoms with E-state index in [9.17, 15) is 0 Å². The minimum atomic E-state index is 0.173. The van der Waals surface area contributed by atoms with Crippen LogP contribution in [0.4, 0.5) is 17.1 Å². The molecule has 222 valence electrons. The Balaban J connectivity index is 1.14. The summed E-state index contributed by atoms with van der Waals surface area (Å²) < 4.78 is 0. The largest absolute Gasteiger partial charge is 0.310 e.